The fourth-order valence-corrected chi connectivity index (χ4v) is 4.33. The Labute approximate surface area is 176 Å². The molecule has 2 aliphatic rings. The van der Waals surface area contributed by atoms with E-state index >= 15 is 0 Å². The second-order valence-electron chi connectivity index (χ2n) is 8.77. The van der Waals surface area contributed by atoms with Crippen LogP contribution in [0.4, 0.5) is 5.82 Å². The Morgan fingerprint density at radius 2 is 1.93 bits per heavy atom. The van der Waals surface area contributed by atoms with Crippen molar-refractivity contribution in [2.75, 3.05) is 5.32 Å². The van der Waals surface area contributed by atoms with E-state index in [2.05, 4.69) is 32.5 Å². The van der Waals surface area contributed by atoms with E-state index in [4.69, 9.17) is 0 Å². The van der Waals surface area contributed by atoms with Crippen LogP contribution in [0.5, 0.6) is 0 Å². The van der Waals surface area contributed by atoms with Gasteiger partial charge in [-0.15, -0.1) is 0 Å². The summed E-state index contributed by atoms with van der Waals surface area (Å²) in [6.45, 7) is 4.34. The molecule has 5 rings (SSSR count). The smallest absolute Gasteiger partial charge is 0.251 e. The Balaban J connectivity index is 1.48. The zero-order chi connectivity index (χ0) is 20.7. The molecular formula is C23H28N6O. The van der Waals surface area contributed by atoms with E-state index in [1.54, 1.807) is 12.7 Å². The van der Waals surface area contributed by atoms with E-state index in [9.17, 15) is 4.79 Å². The van der Waals surface area contributed by atoms with Crippen LogP contribution in [0, 0.1) is 12.8 Å². The first-order chi connectivity index (χ1) is 14.6. The highest BCUT2D eigenvalue weighted by Crippen LogP contribution is 2.29. The summed E-state index contributed by atoms with van der Waals surface area (Å²) < 4.78 is 1.95. The lowest BCUT2D eigenvalue weighted by Crippen LogP contribution is -2.30. The normalized spacial score (nSPS) is 21.5. The van der Waals surface area contributed by atoms with Crippen LogP contribution < -0.4 is 10.6 Å². The minimum absolute atomic E-state index is 0.0218. The van der Waals surface area contributed by atoms with Gasteiger partial charge in [-0.25, -0.2) is 15.0 Å². The number of aromatic nitrogens is 4. The predicted octanol–water partition coefficient (Wildman–Crippen LogP) is 4.01. The molecule has 2 heterocycles. The van der Waals surface area contributed by atoms with Gasteiger partial charge < -0.3 is 10.6 Å². The van der Waals surface area contributed by atoms with Crippen molar-refractivity contribution < 1.29 is 4.79 Å². The zero-order valence-corrected chi connectivity index (χ0v) is 17.6. The molecule has 1 amide bonds. The van der Waals surface area contributed by atoms with Crippen LogP contribution >= 0.6 is 0 Å². The number of anilines is 1. The molecule has 2 aromatic heterocycles. The first kappa shape index (κ1) is 19.0. The number of amides is 1. The Morgan fingerprint density at radius 1 is 1.10 bits per heavy atom. The number of fused-ring (bicyclic) bond motifs is 1. The van der Waals surface area contributed by atoms with Crippen molar-refractivity contribution >= 4 is 22.9 Å². The van der Waals surface area contributed by atoms with Crippen LogP contribution in [0.2, 0.25) is 0 Å². The number of rotatable bonds is 5. The molecule has 7 nitrogen and oxygen atoms in total. The highest BCUT2D eigenvalue weighted by molar-refractivity contribution is 5.95. The Kier molecular flexibility index (Phi) is 4.89. The predicted molar refractivity (Wildman–Crippen MR) is 117 cm³/mol. The quantitative estimate of drug-likeness (QED) is 0.671. The lowest BCUT2D eigenvalue weighted by Gasteiger charge is -2.29. The molecule has 2 fully saturated rings. The molecule has 0 radical (unpaired) electrons. The highest BCUT2D eigenvalue weighted by Gasteiger charge is 2.25. The molecule has 7 heteroatoms. The Hall–Kier alpha value is -2.96. The number of imidazole rings is 1. The van der Waals surface area contributed by atoms with Crippen LogP contribution in [0.3, 0.4) is 0 Å². The number of benzene rings is 1. The molecule has 0 aliphatic heterocycles. The third-order valence-corrected chi connectivity index (χ3v) is 6.41. The van der Waals surface area contributed by atoms with E-state index in [0.717, 1.165) is 47.5 Å². The fraction of sp³-hybridized carbons (Fsp3) is 0.478. The molecule has 2 unspecified atom stereocenters. The summed E-state index contributed by atoms with van der Waals surface area (Å²) in [5, 5.41) is 6.68. The molecule has 1 aromatic carbocycles. The van der Waals surface area contributed by atoms with Gasteiger partial charge in [0.2, 0.25) is 0 Å². The van der Waals surface area contributed by atoms with Gasteiger partial charge >= 0.3 is 0 Å². The topological polar surface area (TPSA) is 84.7 Å². The van der Waals surface area contributed by atoms with Crippen molar-refractivity contribution in [1.29, 1.82) is 0 Å². The van der Waals surface area contributed by atoms with Crippen molar-refractivity contribution in [3.63, 3.8) is 0 Å². The highest BCUT2D eigenvalue weighted by atomic mass is 16.1. The summed E-state index contributed by atoms with van der Waals surface area (Å²) in [6, 6.07) is 6.53. The summed E-state index contributed by atoms with van der Waals surface area (Å²) in [7, 11) is 0. The van der Waals surface area contributed by atoms with E-state index in [1.807, 2.05) is 29.7 Å². The van der Waals surface area contributed by atoms with Crippen molar-refractivity contribution in [3.8, 4) is 5.69 Å². The zero-order valence-electron chi connectivity index (χ0n) is 17.6. The number of hydrogen-bond acceptors (Lipinski definition) is 5. The maximum atomic E-state index is 12.5. The molecule has 2 atom stereocenters. The van der Waals surface area contributed by atoms with Gasteiger partial charge in [0.1, 0.15) is 12.7 Å². The Morgan fingerprint density at radius 3 is 2.73 bits per heavy atom. The largest absolute Gasteiger partial charge is 0.365 e. The third kappa shape index (κ3) is 3.64. The van der Waals surface area contributed by atoms with E-state index in [0.29, 0.717) is 23.6 Å². The standard InChI is InChI=1S/C23H28N6O/c1-14-5-3-4-6-18(14)28-21-20-22(25-12-24-21)29(13-26-20)19-11-16(8-7-15(19)2)23(30)27-17-9-10-17/h7-8,11-14,17-18H,3-6,9-10H2,1-2H3,(H,27,30)(H,24,25,28). The van der Waals surface area contributed by atoms with Crippen LogP contribution in [0.1, 0.15) is 61.4 Å². The molecule has 0 saturated heterocycles. The Bertz CT molecular complexity index is 1090. The minimum atomic E-state index is -0.0218. The van der Waals surface area contributed by atoms with Crippen LogP contribution in [-0.2, 0) is 0 Å². The molecular weight excluding hydrogens is 376 g/mol. The average molecular weight is 405 g/mol. The van der Waals surface area contributed by atoms with Gasteiger partial charge in [-0.1, -0.05) is 25.8 Å². The monoisotopic (exact) mass is 404 g/mol. The molecule has 0 bridgehead atoms. The van der Waals surface area contributed by atoms with Gasteiger partial charge in [0, 0.05) is 17.6 Å². The number of aryl methyl sites for hydroxylation is 1. The van der Waals surface area contributed by atoms with Crippen LogP contribution in [0.15, 0.2) is 30.9 Å². The summed E-state index contributed by atoms with van der Waals surface area (Å²) in [6.07, 6.45) is 10.5. The second-order valence-corrected chi connectivity index (χ2v) is 8.77. The second kappa shape index (κ2) is 7.70. The van der Waals surface area contributed by atoms with Crippen LogP contribution in [-0.4, -0.2) is 37.5 Å². The van der Waals surface area contributed by atoms with Crippen LogP contribution in [0.25, 0.3) is 16.9 Å². The van der Waals surface area contributed by atoms with E-state index in [1.165, 1.54) is 19.3 Å². The summed E-state index contributed by atoms with van der Waals surface area (Å²) in [4.78, 5) is 26.2. The van der Waals surface area contributed by atoms with Gasteiger partial charge in [-0.3, -0.25) is 9.36 Å². The molecule has 30 heavy (non-hydrogen) atoms. The number of hydrogen-bond donors (Lipinski definition) is 2. The summed E-state index contributed by atoms with van der Waals surface area (Å²) in [5.41, 5.74) is 4.15. The molecule has 3 aromatic rings. The summed E-state index contributed by atoms with van der Waals surface area (Å²) >= 11 is 0. The van der Waals surface area contributed by atoms with Gasteiger partial charge in [-0.2, -0.15) is 0 Å². The van der Waals surface area contributed by atoms with Gasteiger partial charge in [0.05, 0.1) is 5.69 Å². The minimum Gasteiger partial charge on any atom is -0.365 e. The molecule has 0 spiro atoms. The van der Waals surface area contributed by atoms with Gasteiger partial charge in [0.15, 0.2) is 17.0 Å². The van der Waals surface area contributed by atoms with Gasteiger partial charge in [0.25, 0.3) is 5.91 Å². The SMILES string of the molecule is Cc1ccc(C(=O)NC2CC2)cc1-n1cnc2c(NC3CCCCC3C)ncnc21. The third-order valence-electron chi connectivity index (χ3n) is 6.41. The summed E-state index contributed by atoms with van der Waals surface area (Å²) in [5.74, 6) is 1.39. The average Bonchev–Trinajstić information content (AvgIpc) is 3.45. The lowest BCUT2D eigenvalue weighted by molar-refractivity contribution is 0.0951. The fourth-order valence-electron chi connectivity index (χ4n) is 4.33. The van der Waals surface area contributed by atoms with Crippen molar-refractivity contribution in [3.05, 3.63) is 42.0 Å². The first-order valence-electron chi connectivity index (χ1n) is 11.0. The van der Waals surface area contributed by atoms with E-state index in [-0.39, 0.29) is 5.91 Å². The van der Waals surface area contributed by atoms with E-state index < -0.39 is 0 Å². The van der Waals surface area contributed by atoms with Gasteiger partial charge in [-0.05, 0) is 56.2 Å². The molecule has 2 N–H and O–H groups in total. The maximum absolute atomic E-state index is 12.5. The number of nitrogens with zero attached hydrogens (tertiary/aromatic N) is 4. The number of nitrogens with one attached hydrogen (secondary N) is 2. The molecule has 2 saturated carbocycles. The first-order valence-corrected chi connectivity index (χ1v) is 11.0. The lowest BCUT2D eigenvalue weighted by atomic mass is 9.86. The molecule has 156 valence electrons. The van der Waals surface area contributed by atoms with Crippen molar-refractivity contribution in [2.24, 2.45) is 5.92 Å². The van der Waals surface area contributed by atoms with Crippen molar-refractivity contribution in [1.82, 2.24) is 24.8 Å². The molecule has 2 aliphatic carbocycles. The number of carbonyl (C=O) groups is 1. The number of carbonyl (C=O) groups excluding carboxylic acids is 1. The maximum Gasteiger partial charge on any atom is 0.251 e. The van der Waals surface area contributed by atoms with Crippen molar-refractivity contribution in [2.45, 2.75) is 64.5 Å².